The summed E-state index contributed by atoms with van der Waals surface area (Å²) in [6, 6.07) is -2.03. The van der Waals surface area contributed by atoms with Crippen LogP contribution in [0.3, 0.4) is 0 Å². The lowest BCUT2D eigenvalue weighted by Crippen LogP contribution is -2.48. The largest absolute Gasteiger partial charge is 0.481 e. The van der Waals surface area contributed by atoms with Crippen LogP contribution in [0.1, 0.15) is 39.0 Å². The fraction of sp³-hybridized carbons (Fsp3) is 0.750. The fourth-order valence-corrected chi connectivity index (χ4v) is 2.07. The molecule has 108 valence electrons. The van der Waals surface area contributed by atoms with Crippen LogP contribution in [0, 0.1) is 5.41 Å². The van der Waals surface area contributed by atoms with Crippen LogP contribution in [0.5, 0.6) is 0 Å². The van der Waals surface area contributed by atoms with E-state index in [0.29, 0.717) is 6.54 Å². The highest BCUT2D eigenvalue weighted by atomic mass is 16.4. The fourth-order valence-electron chi connectivity index (χ4n) is 2.07. The van der Waals surface area contributed by atoms with Crippen LogP contribution in [0.15, 0.2) is 0 Å². The van der Waals surface area contributed by atoms with Crippen molar-refractivity contribution in [1.29, 1.82) is 0 Å². The Labute approximate surface area is 111 Å². The molecule has 0 aromatic rings. The lowest BCUT2D eigenvalue weighted by molar-refractivity contribution is -0.145. The van der Waals surface area contributed by atoms with E-state index in [1.165, 1.54) is 0 Å². The Morgan fingerprint density at radius 3 is 2.32 bits per heavy atom. The highest BCUT2D eigenvalue weighted by Crippen LogP contribution is 2.48. The maximum Gasteiger partial charge on any atom is 0.326 e. The molecule has 1 aliphatic carbocycles. The predicted octanol–water partition coefficient (Wildman–Crippen LogP) is 0.794. The van der Waals surface area contributed by atoms with Gasteiger partial charge >= 0.3 is 18.0 Å². The normalized spacial score (nSPS) is 17.3. The standard InChI is InChI=1S/C12H20N2O5/c1-2-3-12(4-5-12)7-13-11(19)14-8(10(17)18)6-9(15)16/h8H,2-7H2,1H3,(H,15,16)(H,17,18)(H2,13,14,19)/t8-/m0/s1. The van der Waals surface area contributed by atoms with Crippen LogP contribution < -0.4 is 10.6 Å². The lowest BCUT2D eigenvalue weighted by Gasteiger charge is -2.17. The molecule has 1 saturated carbocycles. The molecule has 1 rings (SSSR count). The highest BCUT2D eigenvalue weighted by Gasteiger charge is 2.41. The van der Waals surface area contributed by atoms with Gasteiger partial charge in [0, 0.05) is 6.54 Å². The van der Waals surface area contributed by atoms with Gasteiger partial charge in [-0.1, -0.05) is 13.3 Å². The van der Waals surface area contributed by atoms with E-state index in [2.05, 4.69) is 17.6 Å². The summed E-state index contributed by atoms with van der Waals surface area (Å²) in [6.45, 7) is 2.58. The second-order valence-electron chi connectivity index (χ2n) is 5.07. The zero-order valence-electron chi connectivity index (χ0n) is 10.9. The maximum atomic E-state index is 11.5. The molecule has 0 aromatic heterocycles. The van der Waals surface area contributed by atoms with Crippen LogP contribution in [-0.2, 0) is 9.59 Å². The molecule has 2 amide bonds. The van der Waals surface area contributed by atoms with Crippen molar-refractivity contribution in [3.63, 3.8) is 0 Å². The number of amides is 2. The average Bonchev–Trinajstić information content (AvgIpc) is 3.06. The second-order valence-corrected chi connectivity index (χ2v) is 5.07. The topological polar surface area (TPSA) is 116 Å². The van der Waals surface area contributed by atoms with E-state index in [1.807, 2.05) is 0 Å². The van der Waals surface area contributed by atoms with Crippen LogP contribution in [0.4, 0.5) is 4.79 Å². The summed E-state index contributed by atoms with van der Waals surface area (Å²) in [5.74, 6) is -2.62. The number of rotatable bonds is 8. The van der Waals surface area contributed by atoms with Crippen LogP contribution in [0.25, 0.3) is 0 Å². The molecule has 0 heterocycles. The molecule has 7 heteroatoms. The third kappa shape index (κ3) is 5.15. The van der Waals surface area contributed by atoms with Gasteiger partial charge in [0.1, 0.15) is 6.04 Å². The summed E-state index contributed by atoms with van der Waals surface area (Å²) in [6.07, 6.45) is 3.57. The van der Waals surface area contributed by atoms with E-state index in [-0.39, 0.29) is 5.41 Å². The minimum Gasteiger partial charge on any atom is -0.481 e. The number of carboxylic acid groups (broad SMARTS) is 2. The summed E-state index contributed by atoms with van der Waals surface area (Å²) in [5, 5.41) is 22.1. The Morgan fingerprint density at radius 1 is 1.26 bits per heavy atom. The Kier molecular flexibility index (Phi) is 5.14. The van der Waals surface area contributed by atoms with Crippen molar-refractivity contribution in [2.24, 2.45) is 5.41 Å². The van der Waals surface area contributed by atoms with Gasteiger partial charge in [-0.3, -0.25) is 4.79 Å². The molecule has 0 spiro atoms. The van der Waals surface area contributed by atoms with E-state index >= 15 is 0 Å². The molecule has 7 nitrogen and oxygen atoms in total. The van der Waals surface area contributed by atoms with Crippen molar-refractivity contribution in [3.05, 3.63) is 0 Å². The molecule has 1 atom stereocenters. The Balaban J connectivity index is 2.36. The Morgan fingerprint density at radius 2 is 1.89 bits per heavy atom. The first-order valence-corrected chi connectivity index (χ1v) is 6.37. The number of carbonyl (C=O) groups excluding carboxylic acids is 1. The van der Waals surface area contributed by atoms with Gasteiger partial charge in [-0.25, -0.2) is 9.59 Å². The van der Waals surface area contributed by atoms with Gasteiger partial charge in [-0.2, -0.15) is 0 Å². The first kappa shape index (κ1) is 15.3. The van der Waals surface area contributed by atoms with E-state index in [4.69, 9.17) is 10.2 Å². The quantitative estimate of drug-likeness (QED) is 0.521. The van der Waals surface area contributed by atoms with Gasteiger partial charge in [0.2, 0.25) is 0 Å². The van der Waals surface area contributed by atoms with Crippen molar-refractivity contribution in [2.75, 3.05) is 6.54 Å². The zero-order valence-corrected chi connectivity index (χ0v) is 10.9. The molecule has 1 fully saturated rings. The Bertz CT molecular complexity index is 365. The van der Waals surface area contributed by atoms with Crippen molar-refractivity contribution in [2.45, 2.75) is 45.1 Å². The molecule has 1 aliphatic rings. The van der Waals surface area contributed by atoms with Gasteiger partial charge < -0.3 is 20.8 Å². The summed E-state index contributed by atoms with van der Waals surface area (Å²) < 4.78 is 0. The molecule has 0 aliphatic heterocycles. The predicted molar refractivity (Wildman–Crippen MR) is 66.8 cm³/mol. The molecular weight excluding hydrogens is 252 g/mol. The number of hydrogen-bond donors (Lipinski definition) is 4. The van der Waals surface area contributed by atoms with Gasteiger partial charge in [-0.15, -0.1) is 0 Å². The third-order valence-corrected chi connectivity index (χ3v) is 3.34. The molecular formula is C12H20N2O5. The minimum absolute atomic E-state index is 0.164. The first-order valence-electron chi connectivity index (χ1n) is 6.37. The van der Waals surface area contributed by atoms with E-state index in [1.54, 1.807) is 0 Å². The van der Waals surface area contributed by atoms with Crippen molar-refractivity contribution in [3.8, 4) is 0 Å². The first-order chi connectivity index (χ1) is 8.88. The number of aliphatic carboxylic acids is 2. The molecule has 0 unspecified atom stereocenters. The molecule has 19 heavy (non-hydrogen) atoms. The van der Waals surface area contributed by atoms with Gasteiger partial charge in [-0.05, 0) is 24.7 Å². The van der Waals surface area contributed by atoms with Crippen LogP contribution in [0.2, 0.25) is 0 Å². The summed E-state index contributed by atoms with van der Waals surface area (Å²) in [4.78, 5) is 32.8. The van der Waals surface area contributed by atoms with Crippen molar-refractivity contribution < 1.29 is 24.6 Å². The van der Waals surface area contributed by atoms with Crippen LogP contribution >= 0.6 is 0 Å². The summed E-state index contributed by atoms with van der Waals surface area (Å²) in [5.41, 5.74) is 0.164. The molecule has 0 radical (unpaired) electrons. The summed E-state index contributed by atoms with van der Waals surface area (Å²) in [7, 11) is 0. The molecule has 0 aromatic carbocycles. The number of carbonyl (C=O) groups is 3. The summed E-state index contributed by atoms with van der Waals surface area (Å²) >= 11 is 0. The average molecular weight is 272 g/mol. The monoisotopic (exact) mass is 272 g/mol. The molecule has 0 saturated heterocycles. The number of nitrogens with one attached hydrogen (secondary N) is 2. The second kappa shape index (κ2) is 6.40. The maximum absolute atomic E-state index is 11.5. The van der Waals surface area contributed by atoms with Gasteiger partial charge in [0.05, 0.1) is 6.42 Å². The number of urea groups is 1. The minimum atomic E-state index is -1.40. The van der Waals surface area contributed by atoms with E-state index in [9.17, 15) is 14.4 Å². The third-order valence-electron chi connectivity index (χ3n) is 3.34. The number of hydrogen-bond acceptors (Lipinski definition) is 3. The molecule has 0 bridgehead atoms. The van der Waals surface area contributed by atoms with E-state index in [0.717, 1.165) is 25.7 Å². The zero-order chi connectivity index (χ0) is 14.5. The van der Waals surface area contributed by atoms with Crippen LogP contribution in [-0.4, -0.2) is 40.8 Å². The highest BCUT2D eigenvalue weighted by molar-refractivity contribution is 5.86. The van der Waals surface area contributed by atoms with Crippen molar-refractivity contribution >= 4 is 18.0 Å². The smallest absolute Gasteiger partial charge is 0.326 e. The lowest BCUT2D eigenvalue weighted by atomic mass is 10.0. The van der Waals surface area contributed by atoms with Gasteiger partial charge in [0.25, 0.3) is 0 Å². The Hall–Kier alpha value is -1.79. The SMILES string of the molecule is CCCC1(CNC(=O)N[C@@H](CC(=O)O)C(=O)O)CC1. The van der Waals surface area contributed by atoms with Gasteiger partial charge in [0.15, 0.2) is 0 Å². The van der Waals surface area contributed by atoms with E-state index < -0.39 is 30.4 Å². The van der Waals surface area contributed by atoms with Crippen molar-refractivity contribution in [1.82, 2.24) is 10.6 Å². The number of carboxylic acids is 2. The molecule has 4 N–H and O–H groups in total.